The van der Waals surface area contributed by atoms with Crippen molar-refractivity contribution in [1.82, 2.24) is 0 Å². The number of hydrogen-bond acceptors (Lipinski definition) is 0. The summed E-state index contributed by atoms with van der Waals surface area (Å²) in [5.41, 5.74) is 4.03. The van der Waals surface area contributed by atoms with Gasteiger partial charge < -0.3 is 0 Å². The molecule has 0 radical (unpaired) electrons. The molecule has 0 N–H and O–H groups in total. The van der Waals surface area contributed by atoms with E-state index in [4.69, 9.17) is 46.4 Å². The molecule has 0 aliphatic heterocycles. The molecule has 2 aromatic carbocycles. The van der Waals surface area contributed by atoms with Crippen molar-refractivity contribution in [2.24, 2.45) is 0 Å². The van der Waals surface area contributed by atoms with Crippen molar-refractivity contribution >= 4 is 70.7 Å². The molecule has 4 heteroatoms. The first kappa shape index (κ1) is 14.0. The summed E-state index contributed by atoms with van der Waals surface area (Å²) in [6.45, 7) is 0. The van der Waals surface area contributed by atoms with E-state index in [0.29, 0.717) is 20.1 Å². The molecule has 0 unspecified atom stereocenters. The standard InChI is InChI=1S/C16H8Cl4/c17-13-5-9-1-2-10-6-14(18)16(20)8-12(10)4-3-11(9)7-15(13)19/h1-8H/b2-1-,4-3?,9-1?,10-2?,11-3?,12-4?. The van der Waals surface area contributed by atoms with E-state index < -0.39 is 0 Å². The van der Waals surface area contributed by atoms with Crippen LogP contribution in [0.2, 0.25) is 20.1 Å². The zero-order chi connectivity index (χ0) is 14.3. The molecule has 0 fully saturated rings. The van der Waals surface area contributed by atoms with E-state index >= 15 is 0 Å². The molecular weight excluding hydrogens is 334 g/mol. The van der Waals surface area contributed by atoms with Gasteiger partial charge in [0.25, 0.3) is 0 Å². The molecule has 3 rings (SSSR count). The molecule has 20 heavy (non-hydrogen) atoms. The first-order chi connectivity index (χ1) is 9.54. The van der Waals surface area contributed by atoms with Crippen molar-refractivity contribution in [3.8, 4) is 0 Å². The SMILES string of the molecule is Clc1cc2c(cc1Cl)/C=C\c1cc(Cl)c(Cl)cc1C=C2. The van der Waals surface area contributed by atoms with Gasteiger partial charge in [0.05, 0.1) is 20.1 Å². The lowest BCUT2D eigenvalue weighted by atomic mass is 9.98. The second-order valence-corrected chi connectivity index (χ2v) is 6.09. The fourth-order valence-electron chi connectivity index (χ4n) is 2.09. The van der Waals surface area contributed by atoms with Crippen molar-refractivity contribution in [1.29, 1.82) is 0 Å². The van der Waals surface area contributed by atoms with Crippen LogP contribution in [0.5, 0.6) is 0 Å². The van der Waals surface area contributed by atoms with E-state index in [2.05, 4.69) is 0 Å². The number of halogens is 4. The van der Waals surface area contributed by atoms with Gasteiger partial charge in [-0.3, -0.25) is 0 Å². The van der Waals surface area contributed by atoms with Crippen molar-refractivity contribution in [3.63, 3.8) is 0 Å². The van der Waals surface area contributed by atoms with Gasteiger partial charge in [-0.25, -0.2) is 0 Å². The minimum absolute atomic E-state index is 0.540. The van der Waals surface area contributed by atoms with Crippen molar-refractivity contribution in [3.05, 3.63) is 66.6 Å². The molecule has 100 valence electrons. The molecule has 1 aliphatic rings. The summed E-state index contributed by atoms with van der Waals surface area (Å²) in [4.78, 5) is 0. The Morgan fingerprint density at radius 2 is 0.600 bits per heavy atom. The fourth-order valence-corrected chi connectivity index (χ4v) is 2.78. The summed E-state index contributed by atoms with van der Waals surface area (Å²) in [6, 6.07) is 7.40. The molecule has 0 saturated carbocycles. The summed E-state index contributed by atoms with van der Waals surface area (Å²) < 4.78 is 0. The Hall–Kier alpha value is -0.920. The zero-order valence-corrected chi connectivity index (χ0v) is 13.2. The van der Waals surface area contributed by atoms with Crippen LogP contribution in [0.3, 0.4) is 0 Å². The van der Waals surface area contributed by atoms with Crippen molar-refractivity contribution in [2.75, 3.05) is 0 Å². The average Bonchev–Trinajstić information content (AvgIpc) is 2.40. The number of rotatable bonds is 0. The number of hydrogen-bond donors (Lipinski definition) is 0. The molecule has 2 aromatic rings. The molecule has 0 spiro atoms. The van der Waals surface area contributed by atoms with Gasteiger partial charge in [-0.2, -0.15) is 0 Å². The lowest BCUT2D eigenvalue weighted by Gasteiger charge is -2.10. The molecule has 0 bridgehead atoms. The predicted molar refractivity (Wildman–Crippen MR) is 90.8 cm³/mol. The average molecular weight is 342 g/mol. The Morgan fingerprint density at radius 3 is 0.800 bits per heavy atom. The van der Waals surface area contributed by atoms with Crippen LogP contribution >= 0.6 is 46.4 Å². The second-order valence-electron chi connectivity index (χ2n) is 4.46. The quantitative estimate of drug-likeness (QED) is 0.414. The third-order valence-electron chi connectivity index (χ3n) is 3.14. The van der Waals surface area contributed by atoms with E-state index in [-0.39, 0.29) is 0 Å². The van der Waals surface area contributed by atoms with Crippen LogP contribution in [0.15, 0.2) is 24.3 Å². The minimum atomic E-state index is 0.540. The summed E-state index contributed by atoms with van der Waals surface area (Å²) in [7, 11) is 0. The number of fused-ring (bicyclic) bond motifs is 2. The molecule has 0 heterocycles. The van der Waals surface area contributed by atoms with Gasteiger partial charge >= 0.3 is 0 Å². The van der Waals surface area contributed by atoms with E-state index in [0.717, 1.165) is 22.3 Å². The van der Waals surface area contributed by atoms with Crippen LogP contribution in [0.1, 0.15) is 22.3 Å². The van der Waals surface area contributed by atoms with E-state index in [9.17, 15) is 0 Å². The Balaban J connectivity index is 2.18. The van der Waals surface area contributed by atoms with Gasteiger partial charge in [-0.15, -0.1) is 0 Å². The highest BCUT2D eigenvalue weighted by molar-refractivity contribution is 6.42. The highest BCUT2D eigenvalue weighted by Crippen LogP contribution is 2.33. The maximum atomic E-state index is 6.06. The molecule has 1 aliphatic carbocycles. The van der Waals surface area contributed by atoms with Gasteiger partial charge in [-0.1, -0.05) is 70.7 Å². The third-order valence-corrected chi connectivity index (χ3v) is 4.58. The molecule has 0 aromatic heterocycles. The molecular formula is C16H8Cl4. The molecule has 0 nitrogen and oxygen atoms in total. The topological polar surface area (TPSA) is 0 Å². The van der Waals surface area contributed by atoms with Gasteiger partial charge in [0.15, 0.2) is 0 Å². The van der Waals surface area contributed by atoms with Crippen LogP contribution in [-0.2, 0) is 0 Å². The van der Waals surface area contributed by atoms with Crippen LogP contribution < -0.4 is 0 Å². The van der Waals surface area contributed by atoms with Crippen LogP contribution in [0.25, 0.3) is 24.3 Å². The van der Waals surface area contributed by atoms with Crippen LogP contribution in [-0.4, -0.2) is 0 Å². The highest BCUT2D eigenvalue weighted by Gasteiger charge is 2.08. The molecule has 0 atom stereocenters. The largest absolute Gasteiger partial charge is 0.0827 e. The van der Waals surface area contributed by atoms with E-state index in [1.54, 1.807) is 0 Å². The van der Waals surface area contributed by atoms with Gasteiger partial charge in [0.1, 0.15) is 0 Å². The van der Waals surface area contributed by atoms with Crippen molar-refractivity contribution < 1.29 is 0 Å². The Kier molecular flexibility index (Phi) is 3.83. The summed E-state index contributed by atoms with van der Waals surface area (Å²) in [5, 5.41) is 2.16. The first-order valence-electron chi connectivity index (χ1n) is 5.89. The second kappa shape index (κ2) is 5.46. The normalized spacial score (nSPS) is 14.2. The Morgan fingerprint density at radius 1 is 0.400 bits per heavy atom. The van der Waals surface area contributed by atoms with E-state index in [1.807, 2.05) is 48.6 Å². The maximum Gasteiger partial charge on any atom is 0.0598 e. The van der Waals surface area contributed by atoms with Crippen molar-refractivity contribution in [2.45, 2.75) is 0 Å². The van der Waals surface area contributed by atoms with Crippen LogP contribution in [0, 0.1) is 0 Å². The number of benzene rings is 2. The summed E-state index contributed by atoms with van der Waals surface area (Å²) in [6.07, 6.45) is 7.96. The Bertz CT molecular complexity index is 630. The lowest BCUT2D eigenvalue weighted by molar-refractivity contribution is 1.58. The monoisotopic (exact) mass is 340 g/mol. The predicted octanol–water partition coefficient (Wildman–Crippen LogP) is 6.95. The third kappa shape index (κ3) is 2.62. The minimum Gasteiger partial charge on any atom is -0.0827 e. The summed E-state index contributed by atoms with van der Waals surface area (Å²) >= 11 is 24.2. The first-order valence-corrected chi connectivity index (χ1v) is 7.40. The molecule has 0 amide bonds. The van der Waals surface area contributed by atoms with Crippen LogP contribution in [0.4, 0.5) is 0 Å². The van der Waals surface area contributed by atoms with E-state index in [1.165, 1.54) is 0 Å². The smallest absolute Gasteiger partial charge is 0.0598 e. The lowest BCUT2D eigenvalue weighted by Crippen LogP contribution is -1.88. The summed E-state index contributed by atoms with van der Waals surface area (Å²) in [5.74, 6) is 0. The Labute approximate surface area is 137 Å². The fraction of sp³-hybridized carbons (Fsp3) is 0. The molecule has 0 saturated heterocycles. The van der Waals surface area contributed by atoms with Gasteiger partial charge in [-0.05, 0) is 46.5 Å². The van der Waals surface area contributed by atoms with Gasteiger partial charge in [0, 0.05) is 0 Å². The van der Waals surface area contributed by atoms with Gasteiger partial charge in [0.2, 0.25) is 0 Å². The highest BCUT2D eigenvalue weighted by atomic mass is 35.5. The maximum absolute atomic E-state index is 6.06. The zero-order valence-electron chi connectivity index (χ0n) is 10.1.